The Morgan fingerprint density at radius 3 is 2.53 bits per heavy atom. The van der Waals surface area contributed by atoms with E-state index >= 15 is 0 Å². The van der Waals surface area contributed by atoms with Crippen molar-refractivity contribution in [1.29, 1.82) is 0 Å². The van der Waals surface area contributed by atoms with Gasteiger partial charge in [-0.2, -0.15) is 0 Å². The predicted octanol–water partition coefficient (Wildman–Crippen LogP) is 2.91. The molecular formula is C26H28N6O4. The van der Waals surface area contributed by atoms with Crippen LogP contribution in [0, 0.1) is 6.92 Å². The van der Waals surface area contributed by atoms with Gasteiger partial charge in [-0.1, -0.05) is 41.1 Å². The van der Waals surface area contributed by atoms with Gasteiger partial charge in [0.1, 0.15) is 22.9 Å². The lowest BCUT2D eigenvalue weighted by molar-refractivity contribution is 0.0697. The number of nitrogens with one attached hydrogen (secondary N) is 1. The molecule has 10 nitrogen and oxygen atoms in total. The summed E-state index contributed by atoms with van der Waals surface area (Å²) in [6, 6.07) is 13.4. The molecule has 1 atom stereocenters. The molecule has 3 heterocycles. The lowest BCUT2D eigenvalue weighted by Gasteiger charge is -2.32. The summed E-state index contributed by atoms with van der Waals surface area (Å²) in [5.74, 6) is 1.14. The standard InChI is InChI=1S/C26H28N6O4/c1-16-9-11-17(12-10-16)14-32-24-22(29-30-32)25(33)28-23(27-24)18-6-5-13-31(15-18)26(34)21-19(35-2)7-4-8-20(21)36-3/h4,7-12,18H,5-6,13-15H2,1-3H3,(H,27,28,33)/t18-/m1/s1. The molecule has 4 aromatic rings. The number of hydrogen-bond donors (Lipinski definition) is 1. The first kappa shape index (κ1) is 23.5. The summed E-state index contributed by atoms with van der Waals surface area (Å²) in [7, 11) is 3.06. The maximum atomic E-state index is 13.5. The van der Waals surface area contributed by atoms with E-state index in [9.17, 15) is 9.59 Å². The molecule has 2 aromatic carbocycles. The normalized spacial score (nSPS) is 15.8. The maximum Gasteiger partial charge on any atom is 0.281 e. The molecule has 1 N–H and O–H groups in total. The van der Waals surface area contributed by atoms with Crippen LogP contribution in [0.1, 0.15) is 46.1 Å². The Labute approximate surface area is 207 Å². The molecular weight excluding hydrogens is 460 g/mol. The zero-order chi connectivity index (χ0) is 25.2. The van der Waals surface area contributed by atoms with Gasteiger partial charge in [-0.05, 0) is 37.5 Å². The Bertz CT molecular complexity index is 1440. The van der Waals surface area contributed by atoms with E-state index in [1.54, 1.807) is 27.8 Å². The number of rotatable bonds is 6. The number of carbonyl (C=O) groups is 1. The highest BCUT2D eigenvalue weighted by atomic mass is 16.5. The smallest absolute Gasteiger partial charge is 0.281 e. The molecule has 36 heavy (non-hydrogen) atoms. The first-order valence-electron chi connectivity index (χ1n) is 11.9. The quantitative estimate of drug-likeness (QED) is 0.444. The number of fused-ring (bicyclic) bond motifs is 1. The molecule has 186 valence electrons. The fourth-order valence-electron chi connectivity index (χ4n) is 4.65. The van der Waals surface area contributed by atoms with Gasteiger partial charge in [0.05, 0.1) is 20.8 Å². The van der Waals surface area contributed by atoms with Crippen LogP contribution in [0.3, 0.4) is 0 Å². The minimum atomic E-state index is -0.333. The fourth-order valence-corrected chi connectivity index (χ4v) is 4.65. The van der Waals surface area contributed by atoms with Crippen LogP contribution in [-0.2, 0) is 6.54 Å². The molecule has 0 aliphatic carbocycles. The second kappa shape index (κ2) is 9.80. The van der Waals surface area contributed by atoms with E-state index in [2.05, 4.69) is 15.3 Å². The summed E-state index contributed by atoms with van der Waals surface area (Å²) in [4.78, 5) is 35.7. The number of methoxy groups -OCH3 is 2. The number of H-pyrrole nitrogens is 1. The molecule has 0 bridgehead atoms. The SMILES string of the molecule is COc1cccc(OC)c1C(=O)N1CCC[C@@H](c2nc3c(nnn3Cc3ccc(C)cc3)c(=O)[nH]2)C1. The van der Waals surface area contributed by atoms with Gasteiger partial charge in [-0.25, -0.2) is 9.67 Å². The molecule has 1 aliphatic rings. The number of ether oxygens (including phenoxy) is 2. The number of aromatic amines is 1. The minimum absolute atomic E-state index is 0.136. The largest absolute Gasteiger partial charge is 0.496 e. The van der Waals surface area contributed by atoms with Gasteiger partial charge >= 0.3 is 0 Å². The number of hydrogen-bond acceptors (Lipinski definition) is 7. The van der Waals surface area contributed by atoms with Gasteiger partial charge in [0, 0.05) is 19.0 Å². The van der Waals surface area contributed by atoms with E-state index in [0.717, 1.165) is 18.4 Å². The Kier molecular flexibility index (Phi) is 6.41. The van der Waals surface area contributed by atoms with E-state index < -0.39 is 0 Å². The zero-order valence-electron chi connectivity index (χ0n) is 20.5. The average molecular weight is 489 g/mol. The van der Waals surface area contributed by atoms with E-state index in [1.807, 2.05) is 31.2 Å². The van der Waals surface area contributed by atoms with Crippen molar-refractivity contribution in [1.82, 2.24) is 29.9 Å². The van der Waals surface area contributed by atoms with Crippen LogP contribution in [0.4, 0.5) is 0 Å². The zero-order valence-corrected chi connectivity index (χ0v) is 20.5. The van der Waals surface area contributed by atoms with Crippen molar-refractivity contribution in [2.24, 2.45) is 0 Å². The van der Waals surface area contributed by atoms with Gasteiger partial charge in [0.25, 0.3) is 11.5 Å². The molecule has 1 amide bonds. The number of carbonyl (C=O) groups excluding carboxylic acids is 1. The highest BCUT2D eigenvalue weighted by molar-refractivity contribution is 5.99. The number of amides is 1. The Morgan fingerprint density at radius 1 is 1.11 bits per heavy atom. The Hall–Kier alpha value is -4.21. The number of piperidine rings is 1. The summed E-state index contributed by atoms with van der Waals surface area (Å²) < 4.78 is 12.5. The second-order valence-corrected chi connectivity index (χ2v) is 8.98. The molecule has 1 fully saturated rings. The summed E-state index contributed by atoms with van der Waals surface area (Å²) in [5, 5.41) is 8.23. The van der Waals surface area contributed by atoms with Crippen molar-refractivity contribution in [3.63, 3.8) is 0 Å². The van der Waals surface area contributed by atoms with Crippen molar-refractivity contribution in [3.05, 3.63) is 75.3 Å². The van der Waals surface area contributed by atoms with Crippen LogP contribution >= 0.6 is 0 Å². The molecule has 0 unspecified atom stereocenters. The molecule has 0 radical (unpaired) electrons. The molecule has 1 aliphatic heterocycles. The molecule has 1 saturated heterocycles. The predicted molar refractivity (Wildman–Crippen MR) is 134 cm³/mol. The molecule has 10 heteroatoms. The molecule has 5 rings (SSSR count). The average Bonchev–Trinajstić information content (AvgIpc) is 3.32. The van der Waals surface area contributed by atoms with Crippen LogP contribution in [0.5, 0.6) is 11.5 Å². The number of aryl methyl sites for hydroxylation is 1. The van der Waals surface area contributed by atoms with E-state index in [-0.39, 0.29) is 22.9 Å². The van der Waals surface area contributed by atoms with Crippen molar-refractivity contribution >= 4 is 17.1 Å². The summed E-state index contributed by atoms with van der Waals surface area (Å²) >= 11 is 0. The van der Waals surface area contributed by atoms with Crippen LogP contribution < -0.4 is 15.0 Å². The van der Waals surface area contributed by atoms with E-state index in [1.165, 1.54) is 19.8 Å². The van der Waals surface area contributed by atoms with Crippen molar-refractivity contribution in [2.75, 3.05) is 27.3 Å². The highest BCUT2D eigenvalue weighted by Crippen LogP contribution is 2.32. The third kappa shape index (κ3) is 4.41. The van der Waals surface area contributed by atoms with Gasteiger partial charge in [0.2, 0.25) is 0 Å². The lowest BCUT2D eigenvalue weighted by Crippen LogP contribution is -2.40. The number of aromatic nitrogens is 5. The highest BCUT2D eigenvalue weighted by Gasteiger charge is 2.31. The number of likely N-dealkylation sites (tertiary alicyclic amines) is 1. The summed E-state index contributed by atoms with van der Waals surface area (Å²) in [6.45, 7) is 3.49. The third-order valence-corrected chi connectivity index (χ3v) is 6.58. The summed E-state index contributed by atoms with van der Waals surface area (Å²) in [6.07, 6.45) is 1.57. The van der Waals surface area contributed by atoms with Gasteiger partial charge in [-0.15, -0.1) is 5.10 Å². The monoisotopic (exact) mass is 488 g/mol. The first-order valence-corrected chi connectivity index (χ1v) is 11.9. The number of benzene rings is 2. The van der Waals surface area contributed by atoms with E-state index in [4.69, 9.17) is 14.5 Å². The number of nitrogens with zero attached hydrogens (tertiary/aromatic N) is 5. The molecule has 2 aromatic heterocycles. The van der Waals surface area contributed by atoms with Crippen molar-refractivity contribution in [2.45, 2.75) is 32.2 Å². The Morgan fingerprint density at radius 2 is 1.83 bits per heavy atom. The Balaban J connectivity index is 1.44. The van der Waals surface area contributed by atoms with Gasteiger partial charge in [-0.3, -0.25) is 9.59 Å². The van der Waals surface area contributed by atoms with E-state index in [0.29, 0.717) is 48.2 Å². The van der Waals surface area contributed by atoms with Crippen molar-refractivity contribution < 1.29 is 14.3 Å². The summed E-state index contributed by atoms with van der Waals surface area (Å²) in [5.41, 5.74) is 2.90. The van der Waals surface area contributed by atoms with Crippen molar-refractivity contribution in [3.8, 4) is 11.5 Å². The second-order valence-electron chi connectivity index (χ2n) is 8.98. The van der Waals surface area contributed by atoms with Crippen LogP contribution in [0.15, 0.2) is 47.3 Å². The van der Waals surface area contributed by atoms with Crippen LogP contribution in [0.25, 0.3) is 11.2 Å². The van der Waals surface area contributed by atoms with Gasteiger partial charge < -0.3 is 19.4 Å². The van der Waals surface area contributed by atoms with Crippen LogP contribution in [-0.4, -0.2) is 63.1 Å². The first-order chi connectivity index (χ1) is 17.5. The minimum Gasteiger partial charge on any atom is -0.496 e. The molecule has 0 spiro atoms. The molecule has 0 saturated carbocycles. The van der Waals surface area contributed by atoms with Gasteiger partial charge in [0.15, 0.2) is 11.2 Å². The lowest BCUT2D eigenvalue weighted by atomic mass is 9.96. The fraction of sp³-hybridized carbons (Fsp3) is 0.346. The topological polar surface area (TPSA) is 115 Å². The maximum absolute atomic E-state index is 13.5. The third-order valence-electron chi connectivity index (χ3n) is 6.58. The van der Waals surface area contributed by atoms with Crippen LogP contribution in [0.2, 0.25) is 0 Å².